The first-order chi connectivity index (χ1) is 16.1. The van der Waals surface area contributed by atoms with E-state index in [1.807, 2.05) is 61.5 Å². The summed E-state index contributed by atoms with van der Waals surface area (Å²) in [7, 11) is 0. The van der Waals surface area contributed by atoms with Crippen molar-refractivity contribution in [1.29, 1.82) is 0 Å². The molecular weight excluding hydrogens is 441 g/mol. The molecule has 33 heavy (non-hydrogen) atoms. The van der Waals surface area contributed by atoms with Gasteiger partial charge in [-0.1, -0.05) is 60.3 Å². The Morgan fingerprint density at radius 1 is 0.939 bits per heavy atom. The molecule has 0 fully saturated rings. The van der Waals surface area contributed by atoms with Crippen molar-refractivity contribution in [3.8, 4) is 22.8 Å². The van der Waals surface area contributed by atoms with E-state index in [4.69, 9.17) is 9.47 Å². The summed E-state index contributed by atoms with van der Waals surface area (Å²) >= 11 is 1.18. The summed E-state index contributed by atoms with van der Waals surface area (Å²) < 4.78 is 27.1. The first kappa shape index (κ1) is 22.5. The minimum Gasteiger partial charge on any atom is -0.490 e. The van der Waals surface area contributed by atoms with Crippen LogP contribution in [-0.4, -0.2) is 39.7 Å². The van der Waals surface area contributed by atoms with Gasteiger partial charge in [-0.25, -0.2) is 4.39 Å². The van der Waals surface area contributed by atoms with Gasteiger partial charge in [0.2, 0.25) is 0 Å². The van der Waals surface area contributed by atoms with E-state index in [9.17, 15) is 9.18 Å². The smallest absolute Gasteiger partial charge is 0.316 e. The van der Waals surface area contributed by atoms with E-state index in [0.717, 1.165) is 17.0 Å². The zero-order chi connectivity index (χ0) is 23.0. The topological polar surface area (TPSA) is 66.2 Å². The molecule has 4 rings (SSSR count). The molecule has 0 radical (unpaired) electrons. The molecule has 0 unspecified atom stereocenters. The Kier molecular flexibility index (Phi) is 7.36. The van der Waals surface area contributed by atoms with Crippen LogP contribution in [0.4, 0.5) is 4.39 Å². The van der Waals surface area contributed by atoms with Crippen LogP contribution in [0.15, 0.2) is 84.0 Å². The van der Waals surface area contributed by atoms with Crippen molar-refractivity contribution >= 4 is 17.7 Å². The molecule has 0 saturated carbocycles. The highest BCUT2D eigenvalue weighted by atomic mass is 32.2. The van der Waals surface area contributed by atoms with E-state index in [1.165, 1.54) is 17.8 Å². The molecule has 0 bridgehead atoms. The van der Waals surface area contributed by atoms with Gasteiger partial charge in [0.15, 0.2) is 11.0 Å². The molecule has 4 aromatic rings. The fourth-order valence-electron chi connectivity index (χ4n) is 3.18. The molecule has 0 aliphatic rings. The maximum absolute atomic E-state index is 14.4. The number of aryl methyl sites for hydroxylation is 1. The van der Waals surface area contributed by atoms with Crippen LogP contribution in [0, 0.1) is 12.7 Å². The average Bonchev–Trinajstić information content (AvgIpc) is 3.26. The van der Waals surface area contributed by atoms with Crippen LogP contribution < -0.4 is 4.74 Å². The third-order valence-corrected chi connectivity index (χ3v) is 5.68. The number of hydrogen-bond donors (Lipinski definition) is 0. The van der Waals surface area contributed by atoms with Gasteiger partial charge < -0.3 is 9.47 Å². The quantitative estimate of drug-likeness (QED) is 0.196. The lowest BCUT2D eigenvalue weighted by Gasteiger charge is -2.11. The fourth-order valence-corrected chi connectivity index (χ4v) is 3.93. The van der Waals surface area contributed by atoms with E-state index in [1.54, 1.807) is 22.8 Å². The molecule has 0 spiro atoms. The second-order valence-corrected chi connectivity index (χ2v) is 8.02. The average molecular weight is 464 g/mol. The van der Waals surface area contributed by atoms with E-state index in [2.05, 4.69) is 10.2 Å². The van der Waals surface area contributed by atoms with Gasteiger partial charge in [-0.15, -0.1) is 10.2 Å². The molecular formula is C25H22FN3O3S. The highest BCUT2D eigenvalue weighted by Crippen LogP contribution is 2.29. The molecule has 0 saturated heterocycles. The molecule has 0 aliphatic heterocycles. The van der Waals surface area contributed by atoms with Gasteiger partial charge in [0.25, 0.3) is 0 Å². The van der Waals surface area contributed by atoms with Crippen molar-refractivity contribution in [3.05, 3.63) is 90.2 Å². The zero-order valence-corrected chi connectivity index (χ0v) is 18.8. The number of nitrogens with zero attached hydrogens (tertiary/aromatic N) is 3. The Hall–Kier alpha value is -3.65. The minimum atomic E-state index is -0.400. The van der Waals surface area contributed by atoms with Crippen molar-refractivity contribution in [3.63, 3.8) is 0 Å². The first-order valence-electron chi connectivity index (χ1n) is 10.4. The Morgan fingerprint density at radius 3 is 2.45 bits per heavy atom. The molecule has 6 nitrogen and oxygen atoms in total. The number of para-hydroxylation sites is 2. The summed E-state index contributed by atoms with van der Waals surface area (Å²) in [6.45, 7) is 2.36. The maximum atomic E-state index is 14.4. The van der Waals surface area contributed by atoms with Crippen LogP contribution in [0.3, 0.4) is 0 Å². The number of halogens is 1. The van der Waals surface area contributed by atoms with Crippen molar-refractivity contribution in [2.24, 2.45) is 0 Å². The SMILES string of the molecule is Cc1ccccc1OCCOC(=O)CSc1nnc(-c2ccccc2F)n1-c1ccccc1. The molecule has 1 heterocycles. The molecule has 3 aromatic carbocycles. The summed E-state index contributed by atoms with van der Waals surface area (Å²) in [6, 6.07) is 23.4. The van der Waals surface area contributed by atoms with Crippen molar-refractivity contribution < 1.29 is 18.7 Å². The van der Waals surface area contributed by atoms with Crippen molar-refractivity contribution in [2.75, 3.05) is 19.0 Å². The second kappa shape index (κ2) is 10.8. The maximum Gasteiger partial charge on any atom is 0.316 e. The first-order valence-corrected chi connectivity index (χ1v) is 11.3. The second-order valence-electron chi connectivity index (χ2n) is 7.08. The lowest BCUT2D eigenvalue weighted by Crippen LogP contribution is -2.14. The number of ether oxygens (including phenoxy) is 2. The van der Waals surface area contributed by atoms with Gasteiger partial charge in [0.05, 0.1) is 11.3 Å². The van der Waals surface area contributed by atoms with Crippen LogP contribution in [0.25, 0.3) is 17.1 Å². The predicted molar refractivity (Wildman–Crippen MR) is 125 cm³/mol. The number of carbonyl (C=O) groups is 1. The van der Waals surface area contributed by atoms with Gasteiger partial charge in [-0.3, -0.25) is 9.36 Å². The Bertz CT molecular complexity index is 1230. The van der Waals surface area contributed by atoms with E-state index in [0.29, 0.717) is 16.5 Å². The summed E-state index contributed by atoms with van der Waals surface area (Å²) in [6.07, 6.45) is 0. The van der Waals surface area contributed by atoms with Crippen molar-refractivity contribution in [1.82, 2.24) is 14.8 Å². The molecule has 8 heteroatoms. The normalized spacial score (nSPS) is 10.7. The summed E-state index contributed by atoms with van der Waals surface area (Å²) in [5, 5.41) is 8.87. The van der Waals surface area contributed by atoms with Gasteiger partial charge in [0, 0.05) is 5.69 Å². The van der Waals surface area contributed by atoms with Crippen LogP contribution >= 0.6 is 11.8 Å². The van der Waals surface area contributed by atoms with E-state index < -0.39 is 11.8 Å². The molecule has 1 aromatic heterocycles. The van der Waals surface area contributed by atoms with Gasteiger partial charge in [-0.05, 0) is 42.8 Å². The van der Waals surface area contributed by atoms with Gasteiger partial charge >= 0.3 is 5.97 Å². The Morgan fingerprint density at radius 2 is 1.67 bits per heavy atom. The standard InChI is InChI=1S/C25H22FN3O3S/c1-18-9-5-8-14-22(18)31-15-16-32-23(30)17-33-25-28-27-24(20-12-6-7-13-21(20)26)29(25)19-10-3-2-4-11-19/h2-14H,15-17H2,1H3. The summed E-state index contributed by atoms with van der Waals surface area (Å²) in [5.74, 6) is 0.364. The number of hydrogen-bond acceptors (Lipinski definition) is 6. The van der Waals surface area contributed by atoms with Gasteiger partial charge in [0.1, 0.15) is 24.8 Å². The highest BCUT2D eigenvalue weighted by Gasteiger charge is 2.19. The van der Waals surface area contributed by atoms with Crippen LogP contribution in [0.1, 0.15) is 5.56 Å². The van der Waals surface area contributed by atoms with Gasteiger partial charge in [-0.2, -0.15) is 0 Å². The van der Waals surface area contributed by atoms with Crippen molar-refractivity contribution in [2.45, 2.75) is 12.1 Å². The third-order valence-electron chi connectivity index (χ3n) is 4.78. The lowest BCUT2D eigenvalue weighted by molar-refractivity contribution is -0.141. The third kappa shape index (κ3) is 5.59. The summed E-state index contributed by atoms with van der Waals surface area (Å²) in [4.78, 5) is 12.3. The number of rotatable bonds is 9. The zero-order valence-electron chi connectivity index (χ0n) is 18.0. The Labute approximate surface area is 195 Å². The number of esters is 1. The molecule has 0 N–H and O–H groups in total. The minimum absolute atomic E-state index is 0.0343. The predicted octanol–water partition coefficient (Wildman–Crippen LogP) is 5.10. The van der Waals surface area contributed by atoms with E-state index in [-0.39, 0.29) is 19.0 Å². The lowest BCUT2D eigenvalue weighted by atomic mass is 10.2. The number of aromatic nitrogens is 3. The molecule has 168 valence electrons. The van der Waals surface area contributed by atoms with Crippen LogP contribution in [-0.2, 0) is 9.53 Å². The Balaban J connectivity index is 1.41. The largest absolute Gasteiger partial charge is 0.490 e. The number of thioether (sulfide) groups is 1. The van der Waals surface area contributed by atoms with E-state index >= 15 is 0 Å². The van der Waals surface area contributed by atoms with Crippen LogP contribution in [0.2, 0.25) is 0 Å². The van der Waals surface area contributed by atoms with Crippen LogP contribution in [0.5, 0.6) is 5.75 Å². The summed E-state index contributed by atoms with van der Waals surface area (Å²) in [5.41, 5.74) is 2.12. The molecule has 0 atom stereocenters. The molecule has 0 amide bonds. The highest BCUT2D eigenvalue weighted by molar-refractivity contribution is 7.99. The molecule has 0 aliphatic carbocycles. The fraction of sp³-hybridized carbons (Fsp3) is 0.160. The number of carbonyl (C=O) groups excluding carboxylic acids is 1. The monoisotopic (exact) mass is 463 g/mol. The number of benzene rings is 3.